The fraction of sp³-hybridized carbons (Fsp3) is 0.700. The normalized spacial score (nSPS) is 21.6. The summed E-state index contributed by atoms with van der Waals surface area (Å²) in [5.41, 5.74) is 0. The standard InChI is InChI=1S/C10H15NO5/c1-6(9(13)14)8(12)11-5-3-4-7(11)10(15)16-2/h6-7H,3-5H2,1-2H3,(H,13,14). The molecular weight excluding hydrogens is 214 g/mol. The number of carbonyl (C=O) groups is 3. The van der Waals surface area contributed by atoms with Gasteiger partial charge < -0.3 is 14.7 Å². The summed E-state index contributed by atoms with van der Waals surface area (Å²) >= 11 is 0. The Morgan fingerprint density at radius 2 is 2.06 bits per heavy atom. The summed E-state index contributed by atoms with van der Waals surface area (Å²) in [7, 11) is 1.25. The summed E-state index contributed by atoms with van der Waals surface area (Å²) in [5.74, 6) is -3.31. The lowest BCUT2D eigenvalue weighted by Gasteiger charge is -2.24. The van der Waals surface area contributed by atoms with Crippen LogP contribution in [0.15, 0.2) is 0 Å². The van der Waals surface area contributed by atoms with Crippen molar-refractivity contribution >= 4 is 17.8 Å². The maximum absolute atomic E-state index is 11.8. The van der Waals surface area contributed by atoms with Gasteiger partial charge in [-0.1, -0.05) is 0 Å². The third-order valence-corrected chi connectivity index (χ3v) is 2.75. The number of carboxylic acid groups (broad SMARTS) is 1. The van der Waals surface area contributed by atoms with E-state index in [1.807, 2.05) is 0 Å². The predicted octanol–water partition coefficient (Wildman–Crippen LogP) is -0.129. The molecule has 2 atom stereocenters. The highest BCUT2D eigenvalue weighted by Crippen LogP contribution is 2.20. The lowest BCUT2D eigenvalue weighted by molar-refractivity contribution is -0.157. The van der Waals surface area contributed by atoms with Crippen LogP contribution < -0.4 is 0 Å². The molecule has 16 heavy (non-hydrogen) atoms. The Balaban J connectivity index is 2.75. The molecule has 0 saturated carbocycles. The Kier molecular flexibility index (Phi) is 3.87. The Morgan fingerprint density at radius 1 is 1.44 bits per heavy atom. The third kappa shape index (κ3) is 2.32. The zero-order valence-corrected chi connectivity index (χ0v) is 9.30. The van der Waals surface area contributed by atoms with E-state index >= 15 is 0 Å². The van der Waals surface area contributed by atoms with Gasteiger partial charge in [-0.2, -0.15) is 0 Å². The van der Waals surface area contributed by atoms with Crippen molar-refractivity contribution in [3.05, 3.63) is 0 Å². The number of hydrogen-bond donors (Lipinski definition) is 1. The molecule has 1 aliphatic rings. The average molecular weight is 229 g/mol. The van der Waals surface area contributed by atoms with Crippen LogP contribution in [-0.2, 0) is 19.1 Å². The molecule has 90 valence electrons. The van der Waals surface area contributed by atoms with Gasteiger partial charge in [-0.3, -0.25) is 9.59 Å². The van der Waals surface area contributed by atoms with Gasteiger partial charge in [0.25, 0.3) is 0 Å². The number of likely N-dealkylation sites (tertiary alicyclic amines) is 1. The van der Waals surface area contributed by atoms with E-state index in [0.717, 1.165) is 0 Å². The minimum Gasteiger partial charge on any atom is -0.481 e. The summed E-state index contributed by atoms with van der Waals surface area (Å²) in [6.07, 6.45) is 1.22. The fourth-order valence-electron chi connectivity index (χ4n) is 1.77. The number of nitrogens with zero attached hydrogens (tertiary/aromatic N) is 1. The Morgan fingerprint density at radius 3 is 2.56 bits per heavy atom. The van der Waals surface area contributed by atoms with Gasteiger partial charge in [0.15, 0.2) is 0 Å². The van der Waals surface area contributed by atoms with Crippen LogP contribution >= 0.6 is 0 Å². The smallest absolute Gasteiger partial charge is 0.328 e. The Labute approximate surface area is 93.2 Å². The highest BCUT2D eigenvalue weighted by atomic mass is 16.5. The molecule has 6 heteroatoms. The zero-order chi connectivity index (χ0) is 12.3. The number of methoxy groups -OCH3 is 1. The molecule has 1 saturated heterocycles. The van der Waals surface area contributed by atoms with Gasteiger partial charge >= 0.3 is 11.9 Å². The molecule has 1 fully saturated rings. The van der Waals surface area contributed by atoms with Gasteiger partial charge in [0.1, 0.15) is 12.0 Å². The number of ether oxygens (including phenoxy) is 1. The minimum absolute atomic E-state index is 0.413. The van der Waals surface area contributed by atoms with Crippen LogP contribution in [0.25, 0.3) is 0 Å². The van der Waals surface area contributed by atoms with Gasteiger partial charge in [-0.25, -0.2) is 4.79 Å². The van der Waals surface area contributed by atoms with Crippen LogP contribution in [0.5, 0.6) is 0 Å². The van der Waals surface area contributed by atoms with Crippen molar-refractivity contribution in [3.63, 3.8) is 0 Å². The molecule has 0 spiro atoms. The van der Waals surface area contributed by atoms with Crippen molar-refractivity contribution in [2.45, 2.75) is 25.8 Å². The summed E-state index contributed by atoms with van der Waals surface area (Å²) < 4.78 is 4.57. The number of carbonyl (C=O) groups excluding carboxylic acids is 2. The lowest BCUT2D eigenvalue weighted by atomic mass is 10.1. The fourth-order valence-corrected chi connectivity index (χ4v) is 1.77. The number of carboxylic acids is 1. The zero-order valence-electron chi connectivity index (χ0n) is 9.30. The third-order valence-electron chi connectivity index (χ3n) is 2.75. The van der Waals surface area contributed by atoms with Crippen molar-refractivity contribution in [2.75, 3.05) is 13.7 Å². The number of rotatable bonds is 3. The van der Waals surface area contributed by atoms with E-state index in [2.05, 4.69) is 4.74 Å². The van der Waals surface area contributed by atoms with E-state index in [-0.39, 0.29) is 0 Å². The molecule has 6 nitrogen and oxygen atoms in total. The molecule has 0 aromatic carbocycles. The van der Waals surface area contributed by atoms with Crippen LogP contribution in [0.3, 0.4) is 0 Å². The van der Waals surface area contributed by atoms with Crippen LogP contribution in [0.2, 0.25) is 0 Å². The van der Waals surface area contributed by atoms with Crippen molar-refractivity contribution in [3.8, 4) is 0 Å². The quantitative estimate of drug-likeness (QED) is 0.538. The first-order valence-electron chi connectivity index (χ1n) is 5.10. The van der Waals surface area contributed by atoms with Crippen LogP contribution in [0, 0.1) is 5.92 Å². The SMILES string of the molecule is COC(=O)C1CCCN1C(=O)C(C)C(=O)O. The van der Waals surface area contributed by atoms with E-state index in [9.17, 15) is 14.4 Å². The van der Waals surface area contributed by atoms with Crippen molar-refractivity contribution in [1.82, 2.24) is 4.90 Å². The first-order chi connectivity index (χ1) is 7.49. The van der Waals surface area contributed by atoms with Crippen molar-refractivity contribution in [1.29, 1.82) is 0 Å². The number of aliphatic carboxylic acids is 1. The molecule has 0 aliphatic carbocycles. The van der Waals surface area contributed by atoms with Crippen LogP contribution in [-0.4, -0.2) is 47.5 Å². The summed E-state index contributed by atoms with van der Waals surface area (Å²) in [5, 5.41) is 8.73. The molecule has 0 aromatic heterocycles. The molecule has 1 heterocycles. The highest BCUT2D eigenvalue weighted by Gasteiger charge is 2.38. The van der Waals surface area contributed by atoms with E-state index in [4.69, 9.17) is 5.11 Å². The van der Waals surface area contributed by atoms with Crippen molar-refractivity contribution < 1.29 is 24.2 Å². The second-order valence-electron chi connectivity index (χ2n) is 3.77. The first kappa shape index (κ1) is 12.5. The maximum Gasteiger partial charge on any atom is 0.328 e. The summed E-state index contributed by atoms with van der Waals surface area (Å²) in [4.78, 5) is 35.1. The predicted molar refractivity (Wildman–Crippen MR) is 53.6 cm³/mol. The second-order valence-corrected chi connectivity index (χ2v) is 3.77. The van der Waals surface area contributed by atoms with Gasteiger partial charge in [-0.15, -0.1) is 0 Å². The van der Waals surface area contributed by atoms with E-state index < -0.39 is 29.8 Å². The molecule has 2 unspecified atom stereocenters. The largest absolute Gasteiger partial charge is 0.481 e. The summed E-state index contributed by atoms with van der Waals surface area (Å²) in [6.45, 7) is 1.73. The molecule has 1 aliphatic heterocycles. The molecule has 1 rings (SSSR count). The lowest BCUT2D eigenvalue weighted by Crippen LogP contribution is -2.45. The number of esters is 1. The second kappa shape index (κ2) is 4.96. The molecule has 1 N–H and O–H groups in total. The molecular formula is C10H15NO5. The Hall–Kier alpha value is -1.59. The molecule has 0 radical (unpaired) electrons. The van der Waals surface area contributed by atoms with E-state index in [1.54, 1.807) is 0 Å². The average Bonchev–Trinajstić information content (AvgIpc) is 2.74. The van der Waals surface area contributed by atoms with Crippen molar-refractivity contribution in [2.24, 2.45) is 5.92 Å². The van der Waals surface area contributed by atoms with E-state index in [0.29, 0.717) is 19.4 Å². The topological polar surface area (TPSA) is 83.9 Å². The number of hydrogen-bond acceptors (Lipinski definition) is 4. The highest BCUT2D eigenvalue weighted by molar-refractivity contribution is 5.98. The summed E-state index contributed by atoms with van der Waals surface area (Å²) in [6, 6.07) is -0.626. The monoisotopic (exact) mass is 229 g/mol. The van der Waals surface area contributed by atoms with Gasteiger partial charge in [0.05, 0.1) is 7.11 Å². The molecule has 0 aromatic rings. The molecule has 0 bridgehead atoms. The minimum atomic E-state index is -1.18. The van der Waals surface area contributed by atoms with Gasteiger partial charge in [0.2, 0.25) is 5.91 Å². The van der Waals surface area contributed by atoms with Gasteiger partial charge in [0, 0.05) is 6.54 Å². The molecule has 1 amide bonds. The van der Waals surface area contributed by atoms with Crippen LogP contribution in [0.4, 0.5) is 0 Å². The van der Waals surface area contributed by atoms with Gasteiger partial charge in [-0.05, 0) is 19.8 Å². The first-order valence-corrected chi connectivity index (χ1v) is 5.10. The Bertz CT molecular complexity index is 314. The maximum atomic E-state index is 11.8. The van der Waals surface area contributed by atoms with E-state index in [1.165, 1.54) is 18.9 Å². The van der Waals surface area contributed by atoms with Crippen LogP contribution in [0.1, 0.15) is 19.8 Å². The number of amides is 1.